The highest BCUT2D eigenvalue weighted by molar-refractivity contribution is 5.88. The third kappa shape index (κ3) is 3.87. The molecule has 2 amide bonds. The second-order valence-corrected chi connectivity index (χ2v) is 8.18. The number of rotatable bonds is 3. The van der Waals surface area contributed by atoms with E-state index in [1.54, 1.807) is 23.1 Å². The highest BCUT2D eigenvalue weighted by atomic mass is 16.5. The molecule has 0 unspecified atom stereocenters. The van der Waals surface area contributed by atoms with Crippen molar-refractivity contribution in [1.82, 2.24) is 24.6 Å². The maximum absolute atomic E-state index is 13.1. The lowest BCUT2D eigenvalue weighted by molar-refractivity contribution is 0.0718. The monoisotopic (exact) mass is 384 g/mol. The van der Waals surface area contributed by atoms with Gasteiger partial charge in [0.25, 0.3) is 5.95 Å². The van der Waals surface area contributed by atoms with Crippen LogP contribution in [0.3, 0.4) is 0 Å². The van der Waals surface area contributed by atoms with Crippen molar-refractivity contribution in [1.29, 1.82) is 0 Å². The van der Waals surface area contributed by atoms with E-state index >= 15 is 0 Å². The Balaban J connectivity index is 1.57. The Bertz CT molecular complexity index is 813. The lowest BCUT2D eigenvalue weighted by atomic mass is 9.87. The molecule has 1 N–H and O–H groups in total. The van der Waals surface area contributed by atoms with Crippen LogP contribution in [0.1, 0.15) is 51.1 Å². The zero-order valence-electron chi connectivity index (χ0n) is 16.6. The second-order valence-electron chi connectivity index (χ2n) is 8.18. The molecular weight excluding hydrogens is 356 g/mol. The van der Waals surface area contributed by atoms with Crippen molar-refractivity contribution in [2.75, 3.05) is 31.6 Å². The van der Waals surface area contributed by atoms with Gasteiger partial charge in [-0.15, -0.1) is 0 Å². The van der Waals surface area contributed by atoms with Crippen molar-refractivity contribution in [3.63, 3.8) is 0 Å². The van der Waals surface area contributed by atoms with Crippen molar-refractivity contribution in [3.05, 3.63) is 30.2 Å². The van der Waals surface area contributed by atoms with E-state index in [4.69, 9.17) is 4.74 Å². The molecule has 1 aliphatic carbocycles. The number of nitrogens with one attached hydrogen (secondary N) is 1. The Morgan fingerprint density at radius 1 is 1.25 bits per heavy atom. The van der Waals surface area contributed by atoms with Crippen LogP contribution < -0.4 is 5.32 Å². The molecule has 1 spiro atoms. The lowest BCUT2D eigenvalue weighted by Crippen LogP contribution is -2.43. The lowest BCUT2D eigenvalue weighted by Gasteiger charge is -2.31. The molecule has 2 aromatic rings. The summed E-state index contributed by atoms with van der Waals surface area (Å²) in [4.78, 5) is 23.5. The van der Waals surface area contributed by atoms with Crippen LogP contribution in [0.2, 0.25) is 0 Å². The summed E-state index contributed by atoms with van der Waals surface area (Å²) in [7, 11) is 0. The average molecular weight is 384 g/mol. The van der Waals surface area contributed by atoms with Gasteiger partial charge in [0.15, 0.2) is 0 Å². The van der Waals surface area contributed by atoms with Gasteiger partial charge in [-0.25, -0.2) is 14.8 Å². The van der Waals surface area contributed by atoms with Gasteiger partial charge in [0.1, 0.15) is 5.82 Å². The fraction of sp³-hybridized carbons (Fsp3) is 0.600. The molecule has 0 bridgehead atoms. The molecule has 2 aromatic heterocycles. The van der Waals surface area contributed by atoms with Gasteiger partial charge < -0.3 is 9.64 Å². The molecule has 0 radical (unpaired) electrons. The zero-order chi connectivity index (χ0) is 19.6. The van der Waals surface area contributed by atoms with Crippen molar-refractivity contribution < 1.29 is 9.53 Å². The first-order valence-electron chi connectivity index (χ1n) is 10.1. The quantitative estimate of drug-likeness (QED) is 0.878. The predicted molar refractivity (Wildman–Crippen MR) is 106 cm³/mol. The topological polar surface area (TPSA) is 85.2 Å². The van der Waals surface area contributed by atoms with E-state index in [1.807, 2.05) is 11.0 Å². The van der Waals surface area contributed by atoms with Crippen molar-refractivity contribution in [3.8, 4) is 5.95 Å². The van der Waals surface area contributed by atoms with E-state index in [-0.39, 0.29) is 17.4 Å². The number of anilines is 1. The van der Waals surface area contributed by atoms with Crippen LogP contribution in [0, 0.1) is 5.41 Å². The SMILES string of the molecule is CC(C)c1cc(NC(=O)N2CCOCC3(CCCC3)C2)n(-c2ncccn2)n1. The summed E-state index contributed by atoms with van der Waals surface area (Å²) in [5, 5.41) is 7.64. The molecule has 1 aliphatic heterocycles. The molecule has 8 nitrogen and oxygen atoms in total. The third-order valence-corrected chi connectivity index (χ3v) is 5.69. The standard InChI is InChI=1S/C20H28N6O2/c1-15(2)16-12-17(26(24-16)18-21-8-5-9-22-18)23-19(27)25-10-11-28-14-20(13-25)6-3-4-7-20/h5,8-9,12,15H,3-4,6-7,10-11,13-14H2,1-2H3,(H,23,27). The minimum absolute atomic E-state index is 0.111. The van der Waals surface area contributed by atoms with Crippen LogP contribution in [0.25, 0.3) is 5.95 Å². The number of hydrogen-bond acceptors (Lipinski definition) is 5. The maximum Gasteiger partial charge on any atom is 0.323 e. The third-order valence-electron chi connectivity index (χ3n) is 5.69. The molecule has 2 aliphatic rings. The van der Waals surface area contributed by atoms with Gasteiger partial charge in [-0.1, -0.05) is 26.7 Å². The molecule has 2 fully saturated rings. The maximum atomic E-state index is 13.1. The summed E-state index contributed by atoms with van der Waals surface area (Å²) in [6.07, 6.45) is 8.03. The van der Waals surface area contributed by atoms with Gasteiger partial charge >= 0.3 is 6.03 Å². The molecule has 150 valence electrons. The second kappa shape index (κ2) is 7.87. The zero-order valence-corrected chi connectivity index (χ0v) is 16.6. The van der Waals surface area contributed by atoms with Crippen LogP contribution in [-0.2, 0) is 4.74 Å². The Labute approximate surface area is 165 Å². The summed E-state index contributed by atoms with van der Waals surface area (Å²) in [5.41, 5.74) is 0.994. The predicted octanol–water partition coefficient (Wildman–Crippen LogP) is 3.21. The van der Waals surface area contributed by atoms with E-state index < -0.39 is 0 Å². The fourth-order valence-corrected chi connectivity index (χ4v) is 4.11. The Hall–Kier alpha value is -2.48. The molecule has 0 atom stereocenters. The minimum atomic E-state index is -0.121. The largest absolute Gasteiger partial charge is 0.379 e. The number of hydrogen-bond donors (Lipinski definition) is 1. The van der Waals surface area contributed by atoms with Crippen LogP contribution in [0.15, 0.2) is 24.5 Å². The van der Waals surface area contributed by atoms with Crippen LogP contribution in [0.5, 0.6) is 0 Å². The van der Waals surface area contributed by atoms with E-state index in [0.29, 0.717) is 24.9 Å². The van der Waals surface area contributed by atoms with Gasteiger partial charge in [0.05, 0.1) is 18.9 Å². The van der Waals surface area contributed by atoms with Gasteiger partial charge in [-0.3, -0.25) is 5.32 Å². The summed E-state index contributed by atoms with van der Waals surface area (Å²) in [5.74, 6) is 1.26. The van der Waals surface area contributed by atoms with E-state index in [0.717, 1.165) is 31.7 Å². The average Bonchev–Trinajstić information content (AvgIpc) is 3.26. The first-order chi connectivity index (χ1) is 13.6. The summed E-state index contributed by atoms with van der Waals surface area (Å²) in [6.45, 7) is 6.81. The highest BCUT2D eigenvalue weighted by Crippen LogP contribution is 2.40. The number of carbonyl (C=O) groups is 1. The van der Waals surface area contributed by atoms with Crippen LogP contribution in [-0.4, -0.2) is 57.0 Å². The molecular formula is C20H28N6O2. The molecule has 1 saturated heterocycles. The molecule has 28 heavy (non-hydrogen) atoms. The van der Waals surface area contributed by atoms with Crippen LogP contribution >= 0.6 is 0 Å². The van der Waals surface area contributed by atoms with Crippen molar-refractivity contribution in [2.45, 2.75) is 45.4 Å². The van der Waals surface area contributed by atoms with Gasteiger partial charge in [0, 0.05) is 37.0 Å². The number of aromatic nitrogens is 4. The van der Waals surface area contributed by atoms with Crippen molar-refractivity contribution in [2.24, 2.45) is 5.41 Å². The molecule has 3 heterocycles. The Morgan fingerprint density at radius 2 is 2.00 bits per heavy atom. The number of nitrogens with zero attached hydrogens (tertiary/aromatic N) is 5. The van der Waals surface area contributed by atoms with E-state index in [1.165, 1.54) is 12.8 Å². The molecule has 0 aromatic carbocycles. The molecule has 1 saturated carbocycles. The number of ether oxygens (including phenoxy) is 1. The molecule has 4 rings (SSSR count). The summed E-state index contributed by atoms with van der Waals surface area (Å²) < 4.78 is 7.44. The minimum Gasteiger partial charge on any atom is -0.379 e. The first kappa shape index (κ1) is 18.9. The number of urea groups is 1. The first-order valence-corrected chi connectivity index (χ1v) is 10.1. The summed E-state index contributed by atoms with van der Waals surface area (Å²) >= 11 is 0. The van der Waals surface area contributed by atoms with Crippen LogP contribution in [0.4, 0.5) is 10.6 Å². The van der Waals surface area contributed by atoms with E-state index in [9.17, 15) is 4.79 Å². The fourth-order valence-electron chi connectivity index (χ4n) is 4.11. The number of amides is 2. The highest BCUT2D eigenvalue weighted by Gasteiger charge is 2.39. The Morgan fingerprint density at radius 3 is 2.71 bits per heavy atom. The summed E-state index contributed by atoms with van der Waals surface area (Å²) in [6, 6.07) is 3.54. The molecule has 8 heteroatoms. The van der Waals surface area contributed by atoms with Gasteiger partial charge in [0.2, 0.25) is 0 Å². The van der Waals surface area contributed by atoms with Gasteiger partial charge in [-0.2, -0.15) is 9.78 Å². The number of carbonyl (C=O) groups excluding carboxylic acids is 1. The Kier molecular flexibility index (Phi) is 5.30. The van der Waals surface area contributed by atoms with E-state index in [2.05, 4.69) is 34.2 Å². The van der Waals surface area contributed by atoms with Gasteiger partial charge in [-0.05, 0) is 24.8 Å². The van der Waals surface area contributed by atoms with Crippen molar-refractivity contribution >= 4 is 11.8 Å². The normalized spacial score (nSPS) is 19.2. The smallest absolute Gasteiger partial charge is 0.323 e.